The Kier molecular flexibility index (Phi) is 2.77. The van der Waals surface area contributed by atoms with Crippen LogP contribution in [0.4, 0.5) is 10.1 Å². The number of halogens is 2. The first-order chi connectivity index (χ1) is 7.16. The minimum atomic E-state index is -0.486. The lowest BCUT2D eigenvalue weighted by molar-refractivity contribution is -0.119. The van der Waals surface area contributed by atoms with Crippen molar-refractivity contribution in [1.82, 2.24) is 5.32 Å². The third kappa shape index (κ3) is 2.21. The van der Waals surface area contributed by atoms with E-state index in [2.05, 4.69) is 10.6 Å². The number of hydrogen-bond acceptors (Lipinski definition) is 2. The molecule has 1 aliphatic heterocycles. The zero-order valence-electron chi connectivity index (χ0n) is 7.89. The first-order valence-corrected chi connectivity index (χ1v) is 5.04. The molecule has 5 heteroatoms. The molecule has 0 spiro atoms. The van der Waals surface area contributed by atoms with E-state index in [-0.39, 0.29) is 17.0 Å². The molecule has 0 bridgehead atoms. The Morgan fingerprint density at radius 1 is 1.53 bits per heavy atom. The monoisotopic (exact) mass is 228 g/mol. The van der Waals surface area contributed by atoms with Crippen LogP contribution >= 0.6 is 11.6 Å². The van der Waals surface area contributed by atoms with Crippen LogP contribution in [0.2, 0.25) is 5.02 Å². The fraction of sp³-hybridized carbons (Fsp3) is 0.300. The van der Waals surface area contributed by atoms with E-state index >= 15 is 0 Å². The Balaban J connectivity index is 2.10. The van der Waals surface area contributed by atoms with Gasteiger partial charge in [-0.25, -0.2) is 4.39 Å². The molecule has 2 rings (SSSR count). The Hall–Kier alpha value is -1.29. The molecule has 2 N–H and O–H groups in total. The van der Waals surface area contributed by atoms with E-state index in [1.54, 1.807) is 6.07 Å². The van der Waals surface area contributed by atoms with Gasteiger partial charge in [0.25, 0.3) is 0 Å². The van der Waals surface area contributed by atoms with Crippen molar-refractivity contribution in [2.45, 2.75) is 12.5 Å². The van der Waals surface area contributed by atoms with Crippen LogP contribution in [-0.4, -0.2) is 18.5 Å². The molecular weight excluding hydrogens is 219 g/mol. The maximum absolute atomic E-state index is 13.1. The van der Waals surface area contributed by atoms with Gasteiger partial charge in [-0.2, -0.15) is 0 Å². The van der Waals surface area contributed by atoms with Crippen molar-refractivity contribution in [3.8, 4) is 0 Å². The van der Waals surface area contributed by atoms with Crippen molar-refractivity contribution in [3.63, 3.8) is 0 Å². The lowest BCUT2D eigenvalue weighted by atomic mass is 10.2. The van der Waals surface area contributed by atoms with Gasteiger partial charge in [0.1, 0.15) is 11.9 Å². The normalized spacial score (nSPS) is 20.1. The van der Waals surface area contributed by atoms with Gasteiger partial charge in [0.05, 0.1) is 5.02 Å². The average Bonchev–Trinajstić information content (AvgIpc) is 2.59. The molecule has 0 saturated carbocycles. The fourth-order valence-electron chi connectivity index (χ4n) is 1.52. The maximum Gasteiger partial charge on any atom is 0.242 e. The van der Waals surface area contributed by atoms with Crippen molar-refractivity contribution in [2.24, 2.45) is 0 Å². The Labute approximate surface area is 91.6 Å². The van der Waals surface area contributed by atoms with E-state index in [0.29, 0.717) is 18.7 Å². The summed E-state index contributed by atoms with van der Waals surface area (Å²) in [4.78, 5) is 11.2. The van der Waals surface area contributed by atoms with Gasteiger partial charge < -0.3 is 10.6 Å². The summed E-state index contributed by atoms with van der Waals surface area (Å²) in [5.74, 6) is -0.537. The molecule has 0 aromatic heterocycles. The molecular formula is C10H10ClFN2O. The SMILES string of the molecule is O=C1NCC[C@@H]1Nc1ccc(Cl)c(F)c1. The molecule has 1 saturated heterocycles. The molecule has 1 aromatic carbocycles. The third-order valence-electron chi connectivity index (χ3n) is 2.31. The molecule has 0 unspecified atom stereocenters. The minimum absolute atomic E-state index is 0.0506. The van der Waals surface area contributed by atoms with E-state index < -0.39 is 5.82 Å². The number of rotatable bonds is 2. The van der Waals surface area contributed by atoms with Crippen molar-refractivity contribution >= 4 is 23.2 Å². The van der Waals surface area contributed by atoms with Crippen molar-refractivity contribution in [2.75, 3.05) is 11.9 Å². The highest BCUT2D eigenvalue weighted by Gasteiger charge is 2.23. The quantitative estimate of drug-likeness (QED) is 0.810. The van der Waals surface area contributed by atoms with Crippen LogP contribution in [0, 0.1) is 5.82 Å². The smallest absolute Gasteiger partial charge is 0.242 e. The second kappa shape index (κ2) is 4.06. The van der Waals surface area contributed by atoms with E-state index in [4.69, 9.17) is 11.6 Å². The lowest BCUT2D eigenvalue weighted by Gasteiger charge is -2.11. The van der Waals surface area contributed by atoms with Gasteiger partial charge in [-0.1, -0.05) is 11.6 Å². The predicted octanol–water partition coefficient (Wildman–Crippen LogP) is 1.78. The first-order valence-electron chi connectivity index (χ1n) is 4.66. The van der Waals surface area contributed by atoms with Crippen LogP contribution in [0.1, 0.15) is 6.42 Å². The molecule has 0 radical (unpaired) electrons. The summed E-state index contributed by atoms with van der Waals surface area (Å²) in [5, 5.41) is 5.72. The van der Waals surface area contributed by atoms with Crippen molar-refractivity contribution in [3.05, 3.63) is 29.0 Å². The molecule has 1 atom stereocenters. The van der Waals surface area contributed by atoms with E-state index in [1.165, 1.54) is 12.1 Å². The highest BCUT2D eigenvalue weighted by atomic mass is 35.5. The van der Waals surface area contributed by atoms with E-state index in [1.807, 2.05) is 0 Å². The van der Waals surface area contributed by atoms with Crippen LogP contribution in [0.3, 0.4) is 0 Å². The zero-order chi connectivity index (χ0) is 10.8. The highest BCUT2D eigenvalue weighted by Crippen LogP contribution is 2.20. The van der Waals surface area contributed by atoms with Crippen LogP contribution in [0.15, 0.2) is 18.2 Å². The number of benzene rings is 1. The molecule has 1 aliphatic rings. The van der Waals surface area contributed by atoms with Gasteiger partial charge in [-0.15, -0.1) is 0 Å². The molecule has 15 heavy (non-hydrogen) atoms. The summed E-state index contributed by atoms with van der Waals surface area (Å²) in [7, 11) is 0. The molecule has 3 nitrogen and oxygen atoms in total. The molecule has 1 amide bonds. The second-order valence-corrected chi connectivity index (χ2v) is 3.81. The summed E-state index contributed by atoms with van der Waals surface area (Å²) in [6, 6.07) is 4.13. The number of carbonyl (C=O) groups excluding carboxylic acids is 1. The number of hydrogen-bond donors (Lipinski definition) is 2. The number of anilines is 1. The standard InChI is InChI=1S/C10H10ClFN2O/c11-7-2-1-6(5-8(7)12)14-9-3-4-13-10(9)15/h1-2,5,9,14H,3-4H2,(H,13,15)/t9-/m0/s1. The van der Waals surface area contributed by atoms with Crippen LogP contribution in [0.5, 0.6) is 0 Å². The maximum atomic E-state index is 13.1. The summed E-state index contributed by atoms with van der Waals surface area (Å²) < 4.78 is 13.1. The van der Waals surface area contributed by atoms with E-state index in [0.717, 1.165) is 0 Å². The number of nitrogens with one attached hydrogen (secondary N) is 2. The zero-order valence-corrected chi connectivity index (χ0v) is 8.64. The largest absolute Gasteiger partial charge is 0.374 e. The van der Waals surface area contributed by atoms with Crippen molar-refractivity contribution < 1.29 is 9.18 Å². The lowest BCUT2D eigenvalue weighted by Crippen LogP contribution is -2.29. The average molecular weight is 229 g/mol. The minimum Gasteiger partial charge on any atom is -0.374 e. The van der Waals surface area contributed by atoms with Crippen LogP contribution in [-0.2, 0) is 4.79 Å². The Morgan fingerprint density at radius 3 is 2.93 bits per heavy atom. The van der Waals surface area contributed by atoms with Gasteiger partial charge in [0, 0.05) is 12.2 Å². The second-order valence-electron chi connectivity index (χ2n) is 3.41. The van der Waals surface area contributed by atoms with Crippen LogP contribution < -0.4 is 10.6 Å². The summed E-state index contributed by atoms with van der Waals surface area (Å²) >= 11 is 5.54. The third-order valence-corrected chi connectivity index (χ3v) is 2.62. The Bertz CT molecular complexity index is 397. The summed E-state index contributed by atoms with van der Waals surface area (Å²) in [6.07, 6.45) is 0.711. The Morgan fingerprint density at radius 2 is 2.33 bits per heavy atom. The molecule has 80 valence electrons. The topological polar surface area (TPSA) is 41.1 Å². The number of amides is 1. The summed E-state index contributed by atoms with van der Waals surface area (Å²) in [5.41, 5.74) is 0.568. The summed E-state index contributed by atoms with van der Waals surface area (Å²) in [6.45, 7) is 0.659. The van der Waals surface area contributed by atoms with Gasteiger partial charge in [0.15, 0.2) is 0 Å². The molecule has 0 aliphatic carbocycles. The highest BCUT2D eigenvalue weighted by molar-refractivity contribution is 6.30. The van der Waals surface area contributed by atoms with Gasteiger partial charge in [0.2, 0.25) is 5.91 Å². The van der Waals surface area contributed by atoms with Crippen molar-refractivity contribution in [1.29, 1.82) is 0 Å². The van der Waals surface area contributed by atoms with E-state index in [9.17, 15) is 9.18 Å². The van der Waals surface area contributed by atoms with Gasteiger partial charge >= 0.3 is 0 Å². The number of carbonyl (C=O) groups is 1. The predicted molar refractivity (Wildman–Crippen MR) is 56.4 cm³/mol. The molecule has 1 heterocycles. The first kappa shape index (κ1) is 10.2. The van der Waals surface area contributed by atoms with Crippen LogP contribution in [0.25, 0.3) is 0 Å². The molecule has 1 fully saturated rings. The van der Waals surface area contributed by atoms with Gasteiger partial charge in [-0.3, -0.25) is 4.79 Å². The fourth-order valence-corrected chi connectivity index (χ4v) is 1.64. The molecule has 1 aromatic rings. The van der Waals surface area contributed by atoms with Gasteiger partial charge in [-0.05, 0) is 24.6 Å².